The van der Waals surface area contributed by atoms with Gasteiger partial charge >= 0.3 is 0 Å². The van der Waals surface area contributed by atoms with Crippen molar-refractivity contribution in [2.45, 2.75) is 5.75 Å². The van der Waals surface area contributed by atoms with Crippen LogP contribution in [0.25, 0.3) is 0 Å². The Hall–Kier alpha value is -1.02. The van der Waals surface area contributed by atoms with E-state index in [1.165, 1.54) is 6.07 Å². The highest BCUT2D eigenvalue weighted by molar-refractivity contribution is 7.88. The zero-order chi connectivity index (χ0) is 10.8. The lowest BCUT2D eigenvalue weighted by Crippen LogP contribution is -2.14. The third-order valence-corrected chi connectivity index (χ3v) is 2.61. The summed E-state index contributed by atoms with van der Waals surface area (Å²) in [5.41, 5.74) is 1.06. The summed E-state index contributed by atoms with van der Waals surface area (Å²) in [6.07, 6.45) is 5.15. The van der Waals surface area contributed by atoms with Gasteiger partial charge in [-0.15, -0.1) is 6.42 Å². The lowest BCUT2D eigenvalue weighted by atomic mass is 10.2. The molecule has 1 rings (SSSR count). The van der Waals surface area contributed by atoms with Gasteiger partial charge < -0.3 is 0 Å². The first-order chi connectivity index (χ1) is 6.42. The van der Waals surface area contributed by atoms with E-state index < -0.39 is 10.0 Å². The smallest absolute Gasteiger partial charge is 0.213 e. The normalized spacial score (nSPS) is 10.9. The van der Waals surface area contributed by atoms with Crippen molar-refractivity contribution in [2.75, 3.05) is 0 Å². The summed E-state index contributed by atoms with van der Waals surface area (Å²) in [6, 6.07) is 4.68. The number of sulfonamides is 1. The van der Waals surface area contributed by atoms with E-state index in [9.17, 15) is 8.42 Å². The monoisotopic (exact) mass is 229 g/mol. The second-order valence-electron chi connectivity index (χ2n) is 2.77. The van der Waals surface area contributed by atoms with Gasteiger partial charge in [-0.1, -0.05) is 23.6 Å². The molecule has 1 aromatic carbocycles. The van der Waals surface area contributed by atoms with Crippen molar-refractivity contribution in [1.29, 1.82) is 0 Å². The van der Waals surface area contributed by atoms with Crippen LogP contribution in [0.4, 0.5) is 0 Å². The Morgan fingerprint density at radius 2 is 2.14 bits per heavy atom. The van der Waals surface area contributed by atoms with Crippen LogP contribution in [0.2, 0.25) is 5.02 Å². The maximum atomic E-state index is 10.8. The highest BCUT2D eigenvalue weighted by Gasteiger charge is 2.06. The minimum Gasteiger partial charge on any atom is -0.228 e. The molecule has 74 valence electrons. The number of primary sulfonamides is 1. The molecule has 0 saturated heterocycles. The highest BCUT2D eigenvalue weighted by Crippen LogP contribution is 2.17. The van der Waals surface area contributed by atoms with Crippen molar-refractivity contribution >= 4 is 21.6 Å². The molecule has 0 aromatic heterocycles. The van der Waals surface area contributed by atoms with E-state index in [0.717, 1.165) is 0 Å². The molecule has 2 N–H and O–H groups in total. The first kappa shape index (κ1) is 11.1. The molecular formula is C9H8ClNO2S. The van der Waals surface area contributed by atoms with Crippen LogP contribution in [0.15, 0.2) is 18.2 Å². The van der Waals surface area contributed by atoms with Crippen LogP contribution in [-0.4, -0.2) is 8.42 Å². The fraction of sp³-hybridized carbons (Fsp3) is 0.111. The molecule has 0 unspecified atom stereocenters. The number of hydrogen-bond donors (Lipinski definition) is 1. The molecular weight excluding hydrogens is 222 g/mol. The topological polar surface area (TPSA) is 60.2 Å². The van der Waals surface area contributed by atoms with Crippen molar-refractivity contribution < 1.29 is 8.42 Å². The van der Waals surface area contributed by atoms with Crippen LogP contribution in [0, 0.1) is 12.3 Å². The van der Waals surface area contributed by atoms with Crippen LogP contribution < -0.4 is 5.14 Å². The van der Waals surface area contributed by atoms with Gasteiger partial charge in [0.05, 0.1) is 10.8 Å². The van der Waals surface area contributed by atoms with E-state index in [1.807, 2.05) is 0 Å². The van der Waals surface area contributed by atoms with Gasteiger partial charge in [0, 0.05) is 5.56 Å². The summed E-state index contributed by atoms with van der Waals surface area (Å²) in [4.78, 5) is 0. The van der Waals surface area contributed by atoms with E-state index in [1.54, 1.807) is 12.1 Å². The molecule has 0 bridgehead atoms. The van der Waals surface area contributed by atoms with E-state index in [2.05, 4.69) is 5.92 Å². The second kappa shape index (κ2) is 4.01. The lowest BCUT2D eigenvalue weighted by Gasteiger charge is -2.01. The van der Waals surface area contributed by atoms with E-state index in [-0.39, 0.29) is 5.75 Å². The summed E-state index contributed by atoms with van der Waals surface area (Å²) in [5.74, 6) is 2.13. The zero-order valence-electron chi connectivity index (χ0n) is 7.20. The Morgan fingerprint density at radius 1 is 1.50 bits per heavy atom. The fourth-order valence-corrected chi connectivity index (χ4v) is 1.90. The Labute approximate surface area is 87.9 Å². The van der Waals surface area contributed by atoms with Crippen molar-refractivity contribution in [2.24, 2.45) is 5.14 Å². The summed E-state index contributed by atoms with van der Waals surface area (Å²) < 4.78 is 21.5. The van der Waals surface area contributed by atoms with E-state index >= 15 is 0 Å². The molecule has 0 radical (unpaired) electrons. The van der Waals surface area contributed by atoms with Gasteiger partial charge in [0.15, 0.2) is 0 Å². The fourth-order valence-electron chi connectivity index (χ4n) is 0.998. The standard InChI is InChI=1S/C9H8ClNO2S/c1-2-8-4-3-7(5-9(8)10)6-14(11,12)13/h1,3-5H,6H2,(H2,11,12,13). The van der Waals surface area contributed by atoms with Gasteiger partial charge in [0.2, 0.25) is 10.0 Å². The maximum Gasteiger partial charge on any atom is 0.213 e. The van der Waals surface area contributed by atoms with Gasteiger partial charge in [-0.3, -0.25) is 0 Å². The van der Waals surface area contributed by atoms with Crippen LogP contribution in [0.3, 0.4) is 0 Å². The molecule has 0 spiro atoms. The number of benzene rings is 1. The van der Waals surface area contributed by atoms with Crippen LogP contribution in [-0.2, 0) is 15.8 Å². The number of halogens is 1. The summed E-state index contributed by atoms with van der Waals surface area (Å²) in [7, 11) is -3.52. The van der Waals surface area contributed by atoms with Gasteiger partial charge in [-0.2, -0.15) is 0 Å². The molecule has 0 aliphatic carbocycles. The van der Waals surface area contributed by atoms with Gasteiger partial charge in [-0.25, -0.2) is 13.6 Å². The number of nitrogens with two attached hydrogens (primary N) is 1. The molecule has 1 aromatic rings. The SMILES string of the molecule is C#Cc1ccc(CS(N)(=O)=O)cc1Cl. The second-order valence-corrected chi connectivity index (χ2v) is 4.79. The third-order valence-electron chi connectivity index (χ3n) is 1.56. The van der Waals surface area contributed by atoms with Gasteiger partial charge in [0.25, 0.3) is 0 Å². The molecule has 5 heteroatoms. The zero-order valence-corrected chi connectivity index (χ0v) is 8.77. The van der Waals surface area contributed by atoms with Crippen LogP contribution in [0.5, 0.6) is 0 Å². The number of terminal acetylenes is 1. The Morgan fingerprint density at radius 3 is 2.57 bits per heavy atom. The van der Waals surface area contributed by atoms with Crippen LogP contribution >= 0.6 is 11.6 Å². The largest absolute Gasteiger partial charge is 0.228 e. The molecule has 14 heavy (non-hydrogen) atoms. The van der Waals surface area contributed by atoms with Crippen molar-refractivity contribution in [3.05, 3.63) is 34.3 Å². The molecule has 0 aliphatic rings. The predicted octanol–water partition coefficient (Wildman–Crippen LogP) is 1.11. The van der Waals surface area contributed by atoms with Crippen molar-refractivity contribution in [3.8, 4) is 12.3 Å². The molecule has 0 heterocycles. The third kappa shape index (κ3) is 3.04. The summed E-state index contributed by atoms with van der Waals surface area (Å²) in [5, 5.41) is 5.23. The lowest BCUT2D eigenvalue weighted by molar-refractivity contribution is 0.597. The Bertz CT molecular complexity index is 488. The van der Waals surface area contributed by atoms with E-state index in [4.69, 9.17) is 23.2 Å². The number of hydrogen-bond acceptors (Lipinski definition) is 2. The Balaban J connectivity index is 3.06. The van der Waals surface area contributed by atoms with E-state index in [0.29, 0.717) is 16.1 Å². The quantitative estimate of drug-likeness (QED) is 0.773. The summed E-state index contributed by atoms with van der Waals surface area (Å²) in [6.45, 7) is 0. The van der Waals surface area contributed by atoms with Crippen molar-refractivity contribution in [1.82, 2.24) is 0 Å². The first-order valence-corrected chi connectivity index (χ1v) is 5.77. The number of rotatable bonds is 2. The van der Waals surface area contributed by atoms with Gasteiger partial charge in [-0.05, 0) is 17.7 Å². The molecule has 0 aliphatic heterocycles. The first-order valence-electron chi connectivity index (χ1n) is 3.68. The average Bonchev–Trinajstić information content (AvgIpc) is 2.01. The molecule has 0 fully saturated rings. The molecule has 3 nitrogen and oxygen atoms in total. The molecule has 0 atom stereocenters. The minimum atomic E-state index is -3.52. The summed E-state index contributed by atoms with van der Waals surface area (Å²) >= 11 is 5.78. The maximum absolute atomic E-state index is 10.8. The molecule has 0 amide bonds. The average molecular weight is 230 g/mol. The Kier molecular flexibility index (Phi) is 3.17. The van der Waals surface area contributed by atoms with Crippen LogP contribution in [0.1, 0.15) is 11.1 Å². The van der Waals surface area contributed by atoms with Gasteiger partial charge in [0.1, 0.15) is 0 Å². The minimum absolute atomic E-state index is 0.239. The molecule has 0 saturated carbocycles. The predicted molar refractivity (Wildman–Crippen MR) is 56.2 cm³/mol. The highest BCUT2D eigenvalue weighted by atomic mass is 35.5. The van der Waals surface area contributed by atoms with Crippen molar-refractivity contribution in [3.63, 3.8) is 0 Å².